The van der Waals surface area contributed by atoms with Crippen LogP contribution < -0.4 is 10.6 Å². The summed E-state index contributed by atoms with van der Waals surface area (Å²) in [6, 6.07) is 12.3. The van der Waals surface area contributed by atoms with Crippen LogP contribution in [0.15, 0.2) is 36.4 Å². The Morgan fingerprint density at radius 1 is 1.12 bits per heavy atom. The summed E-state index contributed by atoms with van der Waals surface area (Å²) >= 11 is 0. The third kappa shape index (κ3) is 5.28. The molecule has 0 bridgehead atoms. The van der Waals surface area contributed by atoms with Gasteiger partial charge in [-0.05, 0) is 31.7 Å². The van der Waals surface area contributed by atoms with Gasteiger partial charge in [0.05, 0.1) is 0 Å². The maximum absolute atomic E-state index is 12.5. The van der Waals surface area contributed by atoms with E-state index < -0.39 is 0 Å². The summed E-state index contributed by atoms with van der Waals surface area (Å²) in [6.07, 6.45) is 6.71. The second-order valence-corrected chi connectivity index (χ2v) is 6.66. The number of benzene rings is 1. The van der Waals surface area contributed by atoms with Crippen molar-refractivity contribution in [2.45, 2.75) is 51.5 Å². The molecular formula is C20H26N4O. The lowest BCUT2D eigenvalue weighted by atomic mass is 9.95. The average molecular weight is 338 g/mol. The predicted molar refractivity (Wildman–Crippen MR) is 99.7 cm³/mol. The topological polar surface area (TPSA) is 66.9 Å². The highest BCUT2D eigenvalue weighted by molar-refractivity contribution is 5.93. The Balaban J connectivity index is 1.58. The third-order valence-electron chi connectivity index (χ3n) is 4.57. The van der Waals surface area contributed by atoms with E-state index in [4.69, 9.17) is 0 Å². The van der Waals surface area contributed by atoms with E-state index in [1.54, 1.807) is 6.07 Å². The number of hydrogen-bond donors (Lipinski definition) is 2. The number of aryl methyl sites for hydroxylation is 1. The van der Waals surface area contributed by atoms with Crippen LogP contribution in [0.2, 0.25) is 0 Å². The standard InChI is InChI=1S/C20H26N4O/c1-15-22-18(20(25)24-17-10-6-3-7-11-17)14-19(23-15)21-13-12-16-8-4-2-5-9-16/h2,4-5,8-9,14,17H,3,6-7,10-13H2,1H3,(H,24,25)(H,21,22,23). The number of nitrogens with one attached hydrogen (secondary N) is 2. The zero-order chi connectivity index (χ0) is 17.5. The molecule has 1 heterocycles. The highest BCUT2D eigenvalue weighted by Crippen LogP contribution is 2.18. The van der Waals surface area contributed by atoms with Crippen molar-refractivity contribution in [1.82, 2.24) is 15.3 Å². The van der Waals surface area contributed by atoms with Gasteiger partial charge in [0.15, 0.2) is 0 Å². The Hall–Kier alpha value is -2.43. The number of carbonyl (C=O) groups is 1. The molecule has 0 aliphatic heterocycles. The lowest BCUT2D eigenvalue weighted by Crippen LogP contribution is -2.36. The molecule has 2 N–H and O–H groups in total. The van der Waals surface area contributed by atoms with Crippen LogP contribution in [0.1, 0.15) is 54.0 Å². The van der Waals surface area contributed by atoms with Crippen molar-refractivity contribution in [3.63, 3.8) is 0 Å². The molecule has 0 unspecified atom stereocenters. The monoisotopic (exact) mass is 338 g/mol. The first-order valence-corrected chi connectivity index (χ1v) is 9.15. The van der Waals surface area contributed by atoms with Gasteiger partial charge in [-0.1, -0.05) is 49.6 Å². The Bertz CT molecular complexity index is 696. The summed E-state index contributed by atoms with van der Waals surface area (Å²) in [4.78, 5) is 21.2. The number of rotatable bonds is 6. The maximum atomic E-state index is 12.5. The van der Waals surface area contributed by atoms with Crippen LogP contribution in [0.4, 0.5) is 5.82 Å². The molecule has 1 amide bonds. The van der Waals surface area contributed by atoms with Gasteiger partial charge in [0, 0.05) is 18.7 Å². The fraction of sp³-hybridized carbons (Fsp3) is 0.450. The van der Waals surface area contributed by atoms with Gasteiger partial charge in [0.1, 0.15) is 17.3 Å². The minimum atomic E-state index is -0.0940. The molecule has 5 heteroatoms. The van der Waals surface area contributed by atoms with Crippen LogP contribution >= 0.6 is 0 Å². The van der Waals surface area contributed by atoms with Crippen molar-refractivity contribution >= 4 is 11.7 Å². The summed E-state index contributed by atoms with van der Waals surface area (Å²) in [5.41, 5.74) is 1.72. The van der Waals surface area contributed by atoms with Gasteiger partial charge < -0.3 is 10.6 Å². The predicted octanol–water partition coefficient (Wildman–Crippen LogP) is 3.50. The van der Waals surface area contributed by atoms with E-state index in [-0.39, 0.29) is 11.9 Å². The smallest absolute Gasteiger partial charge is 0.270 e. The first-order chi connectivity index (χ1) is 12.2. The lowest BCUT2D eigenvalue weighted by Gasteiger charge is -2.22. The van der Waals surface area contributed by atoms with E-state index in [1.165, 1.54) is 24.8 Å². The van der Waals surface area contributed by atoms with Crippen LogP contribution in [-0.2, 0) is 6.42 Å². The first-order valence-electron chi connectivity index (χ1n) is 9.15. The fourth-order valence-corrected chi connectivity index (χ4v) is 3.26. The van der Waals surface area contributed by atoms with E-state index >= 15 is 0 Å². The second kappa shape index (κ2) is 8.60. The van der Waals surface area contributed by atoms with Gasteiger partial charge >= 0.3 is 0 Å². The van der Waals surface area contributed by atoms with Gasteiger partial charge in [-0.2, -0.15) is 0 Å². The Morgan fingerprint density at radius 2 is 1.88 bits per heavy atom. The molecule has 132 valence electrons. The molecule has 1 aromatic heterocycles. The van der Waals surface area contributed by atoms with Crippen LogP contribution in [-0.4, -0.2) is 28.5 Å². The van der Waals surface area contributed by atoms with E-state index in [1.807, 2.05) is 25.1 Å². The summed E-state index contributed by atoms with van der Waals surface area (Å²) in [7, 11) is 0. The Kier molecular flexibility index (Phi) is 5.99. The van der Waals surface area contributed by atoms with Gasteiger partial charge in [-0.15, -0.1) is 0 Å². The van der Waals surface area contributed by atoms with Crippen LogP contribution in [0.5, 0.6) is 0 Å². The number of anilines is 1. The molecule has 1 fully saturated rings. The summed E-state index contributed by atoms with van der Waals surface area (Å²) < 4.78 is 0. The minimum Gasteiger partial charge on any atom is -0.370 e. The molecule has 0 saturated heterocycles. The summed E-state index contributed by atoms with van der Waals surface area (Å²) in [6.45, 7) is 2.59. The summed E-state index contributed by atoms with van der Waals surface area (Å²) in [5, 5.41) is 6.42. The Morgan fingerprint density at radius 3 is 2.64 bits per heavy atom. The number of nitrogens with zero attached hydrogens (tertiary/aromatic N) is 2. The zero-order valence-electron chi connectivity index (χ0n) is 14.8. The molecule has 1 aliphatic carbocycles. The molecule has 0 spiro atoms. The molecule has 25 heavy (non-hydrogen) atoms. The molecule has 2 aromatic rings. The molecule has 1 aliphatic rings. The molecule has 1 saturated carbocycles. The third-order valence-corrected chi connectivity index (χ3v) is 4.57. The van der Waals surface area contributed by atoms with E-state index in [2.05, 4.69) is 32.7 Å². The van der Waals surface area contributed by atoms with Gasteiger partial charge in [0.2, 0.25) is 0 Å². The van der Waals surface area contributed by atoms with E-state index in [0.29, 0.717) is 17.3 Å². The highest BCUT2D eigenvalue weighted by Gasteiger charge is 2.18. The van der Waals surface area contributed by atoms with Crippen LogP contribution in [0, 0.1) is 6.92 Å². The first kappa shape index (κ1) is 17.4. The maximum Gasteiger partial charge on any atom is 0.270 e. The number of hydrogen-bond acceptors (Lipinski definition) is 4. The van der Waals surface area contributed by atoms with Crippen molar-refractivity contribution < 1.29 is 4.79 Å². The SMILES string of the molecule is Cc1nc(NCCc2ccccc2)cc(C(=O)NC2CCCCC2)n1. The second-order valence-electron chi connectivity index (χ2n) is 6.66. The van der Waals surface area contributed by atoms with Gasteiger partial charge in [-0.3, -0.25) is 4.79 Å². The fourth-order valence-electron chi connectivity index (χ4n) is 3.26. The molecule has 5 nitrogen and oxygen atoms in total. The zero-order valence-corrected chi connectivity index (χ0v) is 14.8. The van der Waals surface area contributed by atoms with Crippen molar-refractivity contribution in [2.75, 3.05) is 11.9 Å². The van der Waals surface area contributed by atoms with Crippen LogP contribution in [0.3, 0.4) is 0 Å². The van der Waals surface area contributed by atoms with Crippen LogP contribution in [0.25, 0.3) is 0 Å². The molecule has 1 aromatic carbocycles. The Labute approximate surface area is 149 Å². The molecule has 0 radical (unpaired) electrons. The molecule has 0 atom stereocenters. The van der Waals surface area contributed by atoms with E-state index in [9.17, 15) is 4.79 Å². The number of carbonyl (C=O) groups excluding carboxylic acids is 1. The van der Waals surface area contributed by atoms with Gasteiger partial charge in [0.25, 0.3) is 5.91 Å². The largest absolute Gasteiger partial charge is 0.370 e. The minimum absolute atomic E-state index is 0.0940. The van der Waals surface area contributed by atoms with Crippen molar-refractivity contribution in [1.29, 1.82) is 0 Å². The van der Waals surface area contributed by atoms with Crippen molar-refractivity contribution in [2.24, 2.45) is 0 Å². The van der Waals surface area contributed by atoms with E-state index in [0.717, 1.165) is 25.8 Å². The average Bonchev–Trinajstić information content (AvgIpc) is 2.63. The summed E-state index contributed by atoms with van der Waals surface area (Å²) in [5.74, 6) is 1.22. The highest BCUT2D eigenvalue weighted by atomic mass is 16.1. The molecule has 3 rings (SSSR count). The number of aromatic nitrogens is 2. The van der Waals surface area contributed by atoms with Gasteiger partial charge in [-0.25, -0.2) is 9.97 Å². The molecular weight excluding hydrogens is 312 g/mol. The lowest BCUT2D eigenvalue weighted by molar-refractivity contribution is 0.0922. The van der Waals surface area contributed by atoms with Crippen molar-refractivity contribution in [3.8, 4) is 0 Å². The quantitative estimate of drug-likeness (QED) is 0.846. The van der Waals surface area contributed by atoms with Crippen molar-refractivity contribution in [3.05, 3.63) is 53.5 Å². The number of amides is 1. The normalized spacial score (nSPS) is 14.9.